The predicted molar refractivity (Wildman–Crippen MR) is 85.3 cm³/mol. The highest BCUT2D eigenvalue weighted by molar-refractivity contribution is 5.30. The van der Waals surface area contributed by atoms with Crippen LogP contribution in [-0.2, 0) is 0 Å². The molecule has 4 rings (SSSR count). The summed E-state index contributed by atoms with van der Waals surface area (Å²) in [6.07, 6.45) is 7.66. The van der Waals surface area contributed by atoms with E-state index < -0.39 is 34.8 Å². The summed E-state index contributed by atoms with van der Waals surface area (Å²) in [5, 5.41) is 30.5. The summed E-state index contributed by atoms with van der Waals surface area (Å²) in [6, 6.07) is 0. The fraction of sp³-hybridized carbons (Fsp3) is 0.789. The maximum Gasteiger partial charge on any atom is 0.126 e. The molecule has 4 aliphatic rings. The first-order valence-corrected chi connectivity index (χ1v) is 8.83. The van der Waals surface area contributed by atoms with Gasteiger partial charge in [0.1, 0.15) is 5.67 Å². The van der Waals surface area contributed by atoms with Gasteiger partial charge in [-0.25, -0.2) is 4.39 Å². The van der Waals surface area contributed by atoms with Crippen molar-refractivity contribution in [2.75, 3.05) is 0 Å². The third kappa shape index (κ3) is 1.80. The molecule has 4 unspecified atom stereocenters. The number of fused-ring (bicyclic) bond motifs is 5. The van der Waals surface area contributed by atoms with Gasteiger partial charge in [0.2, 0.25) is 0 Å². The van der Waals surface area contributed by atoms with E-state index in [1.807, 2.05) is 26.0 Å². The molecule has 0 heterocycles. The van der Waals surface area contributed by atoms with Gasteiger partial charge in [0.25, 0.3) is 0 Å². The summed E-state index contributed by atoms with van der Waals surface area (Å²) in [4.78, 5) is 0. The fourth-order valence-electron chi connectivity index (χ4n) is 6.06. The van der Waals surface area contributed by atoms with Crippen molar-refractivity contribution in [1.29, 1.82) is 0 Å². The Morgan fingerprint density at radius 3 is 2.48 bits per heavy atom. The first kappa shape index (κ1) is 15.8. The van der Waals surface area contributed by atoms with Gasteiger partial charge >= 0.3 is 0 Å². The lowest BCUT2D eigenvalue weighted by molar-refractivity contribution is -0.138. The van der Waals surface area contributed by atoms with Crippen LogP contribution >= 0.6 is 0 Å². The van der Waals surface area contributed by atoms with Gasteiger partial charge in [0, 0.05) is 11.3 Å². The Labute approximate surface area is 136 Å². The molecule has 0 aromatic rings. The van der Waals surface area contributed by atoms with E-state index in [1.165, 1.54) is 0 Å². The van der Waals surface area contributed by atoms with Crippen LogP contribution in [0, 0.1) is 28.6 Å². The molecule has 4 aliphatic carbocycles. The Hall–Kier alpha value is -0.710. The number of rotatable bonds is 0. The van der Waals surface area contributed by atoms with Crippen LogP contribution in [0.15, 0.2) is 24.3 Å². The Morgan fingerprint density at radius 2 is 1.74 bits per heavy atom. The molecule has 128 valence electrons. The van der Waals surface area contributed by atoms with Crippen molar-refractivity contribution in [3.63, 3.8) is 0 Å². The van der Waals surface area contributed by atoms with Crippen LogP contribution in [0.2, 0.25) is 0 Å². The quantitative estimate of drug-likeness (QED) is 0.600. The van der Waals surface area contributed by atoms with E-state index in [-0.39, 0.29) is 17.8 Å². The normalized spacial score (nSPS) is 61.0. The summed E-state index contributed by atoms with van der Waals surface area (Å²) >= 11 is 0. The van der Waals surface area contributed by atoms with Crippen LogP contribution in [0.3, 0.4) is 0 Å². The summed E-state index contributed by atoms with van der Waals surface area (Å²) in [7, 11) is 0. The average molecular weight is 322 g/mol. The van der Waals surface area contributed by atoms with Gasteiger partial charge in [0.05, 0.1) is 18.3 Å². The van der Waals surface area contributed by atoms with Crippen LogP contribution in [0.1, 0.15) is 39.5 Å². The summed E-state index contributed by atoms with van der Waals surface area (Å²) in [5.41, 5.74) is -2.41. The maximum atomic E-state index is 16.4. The zero-order valence-corrected chi connectivity index (χ0v) is 13.8. The molecule has 0 amide bonds. The molecule has 0 aromatic carbocycles. The summed E-state index contributed by atoms with van der Waals surface area (Å²) < 4.78 is 16.4. The number of aliphatic hydroxyl groups excluding tert-OH is 3. The van der Waals surface area contributed by atoms with Crippen molar-refractivity contribution in [2.45, 2.75) is 63.5 Å². The predicted octanol–water partition coefficient (Wildman–Crippen LogP) is 2.37. The van der Waals surface area contributed by atoms with Gasteiger partial charge in [-0.2, -0.15) is 0 Å². The lowest BCUT2D eigenvalue weighted by Crippen LogP contribution is -2.61. The van der Waals surface area contributed by atoms with Gasteiger partial charge in [-0.15, -0.1) is 0 Å². The molecule has 0 saturated heterocycles. The van der Waals surface area contributed by atoms with E-state index in [1.54, 1.807) is 6.08 Å². The molecule has 2 fully saturated rings. The minimum absolute atomic E-state index is 0.00403. The first-order valence-electron chi connectivity index (χ1n) is 8.83. The van der Waals surface area contributed by atoms with Crippen LogP contribution in [0.4, 0.5) is 4.39 Å². The maximum absolute atomic E-state index is 16.4. The van der Waals surface area contributed by atoms with Crippen molar-refractivity contribution < 1.29 is 19.7 Å². The number of allylic oxidation sites excluding steroid dienone is 3. The standard InChI is InChI=1S/C19H27FO3/c1-17-7-8-19(20)13(14(17)10-15(22)16(17)23)4-3-11-9-12(21)5-6-18(11,19)2/h3-6,11-16,21-23H,7-10H2,1-2H3/t11?,12?,13-,14-,15?,16?,17-,18-,19-/m0/s1. The molecule has 3 nitrogen and oxygen atoms in total. The lowest BCUT2D eigenvalue weighted by Gasteiger charge is -2.59. The molecule has 0 bridgehead atoms. The minimum atomic E-state index is -1.38. The van der Waals surface area contributed by atoms with Crippen LogP contribution in [0.5, 0.6) is 0 Å². The van der Waals surface area contributed by atoms with Gasteiger partial charge in [-0.3, -0.25) is 0 Å². The largest absolute Gasteiger partial charge is 0.390 e. The van der Waals surface area contributed by atoms with Gasteiger partial charge in [-0.1, -0.05) is 38.2 Å². The summed E-state index contributed by atoms with van der Waals surface area (Å²) in [5.74, 6) is -0.320. The number of halogens is 1. The molecule has 3 N–H and O–H groups in total. The Bertz CT molecular complexity index is 575. The van der Waals surface area contributed by atoms with E-state index in [2.05, 4.69) is 6.08 Å². The molecule has 2 saturated carbocycles. The smallest absolute Gasteiger partial charge is 0.126 e. The molecule has 0 radical (unpaired) electrons. The zero-order valence-electron chi connectivity index (χ0n) is 13.8. The number of hydrogen-bond donors (Lipinski definition) is 3. The topological polar surface area (TPSA) is 60.7 Å². The Kier molecular flexibility index (Phi) is 3.21. The van der Waals surface area contributed by atoms with Crippen LogP contribution < -0.4 is 0 Å². The van der Waals surface area contributed by atoms with Crippen LogP contribution in [0.25, 0.3) is 0 Å². The third-order valence-corrected chi connectivity index (χ3v) is 7.75. The molecular weight excluding hydrogens is 295 g/mol. The highest BCUT2D eigenvalue weighted by Crippen LogP contribution is 2.66. The first-order chi connectivity index (χ1) is 10.7. The van der Waals surface area contributed by atoms with Crippen molar-refractivity contribution >= 4 is 0 Å². The van der Waals surface area contributed by atoms with Gasteiger partial charge < -0.3 is 15.3 Å². The SMILES string of the molecule is C[C@]12C=CC(O)CC1C=C[C@H]1[C@@H]3CC(O)C(O)[C@@]3(C)CC[C@]12F. The van der Waals surface area contributed by atoms with Crippen molar-refractivity contribution in [3.05, 3.63) is 24.3 Å². The molecule has 0 spiro atoms. The zero-order chi connectivity index (χ0) is 16.6. The van der Waals surface area contributed by atoms with E-state index in [9.17, 15) is 15.3 Å². The monoisotopic (exact) mass is 322 g/mol. The van der Waals surface area contributed by atoms with E-state index in [0.29, 0.717) is 25.7 Å². The Balaban J connectivity index is 1.78. The minimum Gasteiger partial charge on any atom is -0.390 e. The molecule has 0 aromatic heterocycles. The van der Waals surface area contributed by atoms with Gasteiger partial charge in [0.15, 0.2) is 0 Å². The highest BCUT2D eigenvalue weighted by atomic mass is 19.1. The number of aliphatic hydroxyl groups is 3. The van der Waals surface area contributed by atoms with Crippen molar-refractivity contribution in [2.24, 2.45) is 28.6 Å². The molecular formula is C19H27FO3. The van der Waals surface area contributed by atoms with Gasteiger partial charge in [-0.05, 0) is 42.9 Å². The van der Waals surface area contributed by atoms with E-state index in [0.717, 1.165) is 0 Å². The Morgan fingerprint density at radius 1 is 1.00 bits per heavy atom. The fourth-order valence-corrected chi connectivity index (χ4v) is 6.06. The van der Waals surface area contributed by atoms with E-state index >= 15 is 4.39 Å². The lowest BCUT2D eigenvalue weighted by atomic mass is 9.47. The second-order valence-corrected chi connectivity index (χ2v) is 8.68. The third-order valence-electron chi connectivity index (χ3n) is 7.75. The van der Waals surface area contributed by atoms with E-state index in [4.69, 9.17) is 0 Å². The summed E-state index contributed by atoms with van der Waals surface area (Å²) in [6.45, 7) is 3.97. The average Bonchev–Trinajstić information content (AvgIpc) is 2.73. The van der Waals surface area contributed by atoms with Crippen molar-refractivity contribution in [3.8, 4) is 0 Å². The number of alkyl halides is 1. The van der Waals surface area contributed by atoms with Crippen molar-refractivity contribution in [1.82, 2.24) is 0 Å². The molecule has 4 heteroatoms. The number of hydrogen-bond acceptors (Lipinski definition) is 3. The molecule has 23 heavy (non-hydrogen) atoms. The highest BCUT2D eigenvalue weighted by Gasteiger charge is 2.67. The molecule has 0 aliphatic heterocycles. The second-order valence-electron chi connectivity index (χ2n) is 8.68. The van der Waals surface area contributed by atoms with Crippen LogP contribution in [-0.4, -0.2) is 39.3 Å². The molecule has 9 atom stereocenters. The second kappa shape index (κ2) is 4.68.